The van der Waals surface area contributed by atoms with Crippen LogP contribution in [0.3, 0.4) is 0 Å². The van der Waals surface area contributed by atoms with Crippen LogP contribution in [0.5, 0.6) is 0 Å². The molecule has 0 saturated heterocycles. The third-order valence-electron chi connectivity index (χ3n) is 1.66. The van der Waals surface area contributed by atoms with Gasteiger partial charge in [0.2, 0.25) is 17.4 Å². The molecule has 0 saturated carbocycles. The predicted molar refractivity (Wildman–Crippen MR) is 60.3 cm³/mol. The highest BCUT2D eigenvalue weighted by Crippen LogP contribution is 2.26. The number of hydrogen-bond donors (Lipinski definition) is 1. The fraction of sp³-hybridized carbons (Fsp3) is 0.222. The van der Waals surface area contributed by atoms with Gasteiger partial charge in [-0.2, -0.15) is 8.57 Å². The number of hydroxylamine groups is 1. The number of rotatable bonds is 4. The van der Waals surface area contributed by atoms with Crippen LogP contribution >= 0.6 is 11.6 Å². The molecule has 0 aromatic heterocycles. The van der Waals surface area contributed by atoms with Crippen molar-refractivity contribution in [3.63, 3.8) is 0 Å². The molecule has 0 heterocycles. The SMILES string of the molecule is CC(=O)NOCc1c(Cl)cccc1N=S=O. The van der Waals surface area contributed by atoms with Crippen molar-refractivity contribution in [2.75, 3.05) is 0 Å². The Kier molecular flexibility index (Phi) is 5.10. The van der Waals surface area contributed by atoms with Crippen LogP contribution in [-0.2, 0) is 27.7 Å². The summed E-state index contributed by atoms with van der Waals surface area (Å²) in [5, 5.41) is 0.431. The van der Waals surface area contributed by atoms with Crippen LogP contribution in [-0.4, -0.2) is 10.1 Å². The molecule has 0 aliphatic rings. The number of benzene rings is 1. The maximum atomic E-state index is 10.6. The van der Waals surface area contributed by atoms with E-state index in [1.165, 1.54) is 6.92 Å². The third-order valence-corrected chi connectivity index (χ3v) is 2.29. The first-order chi connectivity index (χ1) is 7.65. The lowest BCUT2D eigenvalue weighted by atomic mass is 10.2. The molecule has 1 aromatic rings. The van der Waals surface area contributed by atoms with Crippen LogP contribution in [0, 0.1) is 0 Å². The summed E-state index contributed by atoms with van der Waals surface area (Å²) in [5.41, 5.74) is 3.17. The van der Waals surface area contributed by atoms with Gasteiger partial charge in [-0.05, 0) is 12.1 Å². The minimum Gasteiger partial charge on any atom is -0.273 e. The zero-order valence-corrected chi connectivity index (χ0v) is 9.97. The molecule has 0 fully saturated rings. The number of carbonyl (C=O) groups excluding carboxylic acids is 1. The van der Waals surface area contributed by atoms with Gasteiger partial charge in [0.25, 0.3) is 0 Å². The predicted octanol–water partition coefficient (Wildman–Crippen LogP) is 1.94. The second-order valence-electron chi connectivity index (χ2n) is 2.85. The quantitative estimate of drug-likeness (QED) is 0.841. The minimum absolute atomic E-state index is 0.0542. The number of nitrogens with one attached hydrogen (secondary N) is 1. The lowest BCUT2D eigenvalue weighted by Gasteiger charge is -2.07. The van der Waals surface area contributed by atoms with E-state index in [1.807, 2.05) is 0 Å². The molecular formula is C9H9ClN2O3S. The van der Waals surface area contributed by atoms with Gasteiger partial charge in [-0.3, -0.25) is 9.63 Å². The molecule has 0 atom stereocenters. The summed E-state index contributed by atoms with van der Waals surface area (Å²) in [5.74, 6) is -0.316. The van der Waals surface area contributed by atoms with Gasteiger partial charge in [-0.15, -0.1) is 0 Å². The van der Waals surface area contributed by atoms with Crippen molar-refractivity contribution < 1.29 is 13.8 Å². The van der Waals surface area contributed by atoms with Gasteiger partial charge in [0.05, 0.1) is 5.69 Å². The summed E-state index contributed by atoms with van der Waals surface area (Å²) < 4.78 is 14.0. The van der Waals surface area contributed by atoms with E-state index in [1.54, 1.807) is 18.2 Å². The average Bonchev–Trinajstić information content (AvgIpc) is 2.22. The summed E-state index contributed by atoms with van der Waals surface area (Å²) in [6.07, 6.45) is 0. The van der Waals surface area contributed by atoms with E-state index in [2.05, 4.69) is 9.84 Å². The monoisotopic (exact) mass is 260 g/mol. The minimum atomic E-state index is -0.316. The van der Waals surface area contributed by atoms with Gasteiger partial charge < -0.3 is 0 Å². The van der Waals surface area contributed by atoms with Crippen LogP contribution in [0.1, 0.15) is 12.5 Å². The number of halogens is 1. The largest absolute Gasteiger partial charge is 0.273 e. The topological polar surface area (TPSA) is 67.8 Å². The average molecular weight is 261 g/mol. The Balaban J connectivity index is 2.84. The molecule has 0 aliphatic heterocycles. The molecule has 5 nitrogen and oxygen atoms in total. The Morgan fingerprint density at radius 1 is 1.62 bits per heavy atom. The summed E-state index contributed by atoms with van der Waals surface area (Å²) in [6.45, 7) is 1.38. The van der Waals surface area contributed by atoms with Crippen molar-refractivity contribution in [2.45, 2.75) is 13.5 Å². The van der Waals surface area contributed by atoms with Crippen molar-refractivity contribution in [3.05, 3.63) is 28.8 Å². The molecule has 0 radical (unpaired) electrons. The fourth-order valence-corrected chi connectivity index (χ4v) is 1.50. The van der Waals surface area contributed by atoms with E-state index in [0.717, 1.165) is 0 Å². The van der Waals surface area contributed by atoms with Gasteiger partial charge in [0.15, 0.2) is 0 Å². The van der Waals surface area contributed by atoms with Crippen molar-refractivity contribution in [1.82, 2.24) is 5.48 Å². The third kappa shape index (κ3) is 3.73. The van der Waals surface area contributed by atoms with Crippen molar-refractivity contribution >= 4 is 34.7 Å². The lowest BCUT2D eigenvalue weighted by Crippen LogP contribution is -2.19. The molecule has 7 heteroatoms. The molecule has 1 N–H and O–H groups in total. The maximum Gasteiger partial charge on any atom is 0.240 e. The normalized spacial score (nSPS) is 9.62. The fourth-order valence-electron chi connectivity index (χ4n) is 1.03. The van der Waals surface area contributed by atoms with Crippen LogP contribution < -0.4 is 5.48 Å². The second-order valence-corrected chi connectivity index (χ2v) is 3.59. The van der Waals surface area contributed by atoms with Crippen LogP contribution in [0.15, 0.2) is 22.6 Å². The van der Waals surface area contributed by atoms with Crippen molar-refractivity contribution in [2.24, 2.45) is 4.36 Å². The molecule has 0 aliphatic carbocycles. The van der Waals surface area contributed by atoms with E-state index < -0.39 is 0 Å². The van der Waals surface area contributed by atoms with E-state index in [-0.39, 0.29) is 24.0 Å². The highest BCUT2D eigenvalue weighted by Gasteiger charge is 2.07. The first kappa shape index (κ1) is 12.8. The van der Waals surface area contributed by atoms with E-state index >= 15 is 0 Å². The zero-order valence-electron chi connectivity index (χ0n) is 8.40. The van der Waals surface area contributed by atoms with Crippen molar-refractivity contribution in [3.8, 4) is 0 Å². The molecule has 1 rings (SSSR count). The first-order valence-corrected chi connectivity index (χ1v) is 5.38. The van der Waals surface area contributed by atoms with Gasteiger partial charge >= 0.3 is 0 Å². The van der Waals surface area contributed by atoms with E-state index in [4.69, 9.17) is 16.4 Å². The summed E-state index contributed by atoms with van der Waals surface area (Å²) >= 11 is 6.01. The highest BCUT2D eigenvalue weighted by atomic mass is 35.5. The molecular weight excluding hydrogens is 252 g/mol. The van der Waals surface area contributed by atoms with Crippen LogP contribution in [0.4, 0.5) is 5.69 Å². The number of nitrogens with zero attached hydrogens (tertiary/aromatic N) is 1. The summed E-state index contributed by atoms with van der Waals surface area (Å²) in [7, 11) is 0. The van der Waals surface area contributed by atoms with Crippen molar-refractivity contribution in [1.29, 1.82) is 0 Å². The Labute approximate surface area is 101 Å². The maximum absolute atomic E-state index is 10.6. The summed E-state index contributed by atoms with van der Waals surface area (Å²) in [4.78, 5) is 15.5. The summed E-state index contributed by atoms with van der Waals surface area (Å²) in [6, 6.07) is 4.98. The highest BCUT2D eigenvalue weighted by molar-refractivity contribution is 7.54. The molecule has 0 spiro atoms. The number of carbonyl (C=O) groups is 1. The molecule has 0 unspecified atom stereocenters. The zero-order chi connectivity index (χ0) is 12.0. The molecule has 86 valence electrons. The first-order valence-electron chi connectivity index (χ1n) is 4.31. The van der Waals surface area contributed by atoms with Gasteiger partial charge in [0.1, 0.15) is 6.61 Å². The molecule has 1 aromatic carbocycles. The Bertz CT molecular complexity index is 446. The number of amides is 1. The Morgan fingerprint density at radius 2 is 2.38 bits per heavy atom. The second kappa shape index (κ2) is 6.37. The molecule has 16 heavy (non-hydrogen) atoms. The van der Waals surface area contributed by atoms with Crippen LogP contribution in [0.2, 0.25) is 5.02 Å². The molecule has 0 bridgehead atoms. The standard InChI is InChI=1S/C9H9ClN2O3S/c1-6(13)11-15-5-7-8(10)3-2-4-9(7)12-16-14/h2-4H,5H2,1H3,(H,11,13). The van der Waals surface area contributed by atoms with Crippen LogP contribution in [0.25, 0.3) is 0 Å². The molecule has 1 amide bonds. The smallest absolute Gasteiger partial charge is 0.240 e. The van der Waals surface area contributed by atoms with Gasteiger partial charge in [0, 0.05) is 17.5 Å². The lowest BCUT2D eigenvalue weighted by molar-refractivity contribution is -0.132. The van der Waals surface area contributed by atoms with E-state index in [0.29, 0.717) is 16.3 Å². The number of hydrogen-bond acceptors (Lipinski definition) is 4. The Morgan fingerprint density at radius 3 is 3.00 bits per heavy atom. The Hall–Kier alpha value is -1.24. The van der Waals surface area contributed by atoms with E-state index in [9.17, 15) is 9.00 Å². The van der Waals surface area contributed by atoms with Gasteiger partial charge in [-0.1, -0.05) is 17.7 Å². The van der Waals surface area contributed by atoms with Gasteiger partial charge in [-0.25, -0.2) is 5.48 Å².